The Hall–Kier alpha value is -0.470. The first kappa shape index (κ1) is 15.9. The Morgan fingerprint density at radius 3 is 2.90 bits per heavy atom. The fraction of sp³-hybridized carbons (Fsp3) is 0.538. The van der Waals surface area contributed by atoms with Crippen LogP contribution < -0.4 is 4.72 Å². The molecule has 1 N–H and O–H groups in total. The molecule has 1 aliphatic heterocycles. The van der Waals surface area contributed by atoms with Crippen molar-refractivity contribution in [3.05, 3.63) is 28.7 Å². The molecule has 0 amide bonds. The van der Waals surface area contributed by atoms with E-state index in [1.165, 1.54) is 0 Å². The van der Waals surface area contributed by atoms with Crippen molar-refractivity contribution in [2.75, 3.05) is 32.8 Å². The van der Waals surface area contributed by atoms with Crippen molar-refractivity contribution >= 4 is 26.0 Å². The van der Waals surface area contributed by atoms with Crippen LogP contribution in [0, 0.1) is 0 Å². The number of nitrogens with zero attached hydrogens (tertiary/aromatic N) is 1. The highest BCUT2D eigenvalue weighted by molar-refractivity contribution is 9.10. The van der Waals surface area contributed by atoms with Gasteiger partial charge in [0.1, 0.15) is 0 Å². The normalized spacial score (nSPS) is 21.0. The van der Waals surface area contributed by atoms with Crippen LogP contribution in [0.3, 0.4) is 0 Å². The highest BCUT2D eigenvalue weighted by Crippen LogP contribution is 2.20. The Morgan fingerprint density at radius 2 is 2.20 bits per heavy atom. The van der Waals surface area contributed by atoms with Gasteiger partial charge in [-0.05, 0) is 34.6 Å². The number of sulfonamides is 1. The molecule has 1 saturated heterocycles. The number of nitrogens with one attached hydrogen (secondary N) is 1. The molecule has 0 aliphatic carbocycles. The van der Waals surface area contributed by atoms with E-state index in [1.54, 1.807) is 24.3 Å². The number of morpholine rings is 1. The molecular weight excluding hydrogens is 344 g/mol. The van der Waals surface area contributed by atoms with Crippen molar-refractivity contribution in [3.63, 3.8) is 0 Å². The first-order valence-corrected chi connectivity index (χ1v) is 8.88. The summed E-state index contributed by atoms with van der Waals surface area (Å²) in [6, 6.07) is 6.78. The van der Waals surface area contributed by atoms with Crippen LogP contribution in [0.2, 0.25) is 0 Å². The molecule has 1 atom stereocenters. The van der Waals surface area contributed by atoms with Crippen LogP contribution in [0.25, 0.3) is 0 Å². The number of benzene rings is 1. The van der Waals surface area contributed by atoms with Crippen molar-refractivity contribution in [3.8, 4) is 0 Å². The predicted molar refractivity (Wildman–Crippen MR) is 81.2 cm³/mol. The van der Waals surface area contributed by atoms with Crippen molar-refractivity contribution < 1.29 is 13.2 Å². The summed E-state index contributed by atoms with van der Waals surface area (Å²) < 4.78 is 33.2. The average molecular weight is 363 g/mol. The van der Waals surface area contributed by atoms with Gasteiger partial charge < -0.3 is 4.74 Å². The van der Waals surface area contributed by atoms with Crippen molar-refractivity contribution in [2.45, 2.75) is 17.9 Å². The van der Waals surface area contributed by atoms with Gasteiger partial charge in [-0.15, -0.1) is 0 Å². The summed E-state index contributed by atoms with van der Waals surface area (Å²) in [4.78, 5) is 2.50. The summed E-state index contributed by atoms with van der Waals surface area (Å²) in [5.41, 5.74) is 0. The van der Waals surface area contributed by atoms with Gasteiger partial charge in [0.05, 0.1) is 17.6 Å². The minimum absolute atomic E-state index is 0.0963. The van der Waals surface area contributed by atoms with Crippen LogP contribution in [-0.2, 0) is 14.8 Å². The Labute approximate surface area is 128 Å². The number of likely N-dealkylation sites (N-methyl/N-ethyl adjacent to an activating group) is 1. The number of hydrogen-bond acceptors (Lipinski definition) is 4. The maximum atomic E-state index is 12.2. The molecule has 1 aliphatic rings. The fourth-order valence-corrected chi connectivity index (χ4v) is 4.20. The van der Waals surface area contributed by atoms with Crippen molar-refractivity contribution in [1.82, 2.24) is 9.62 Å². The zero-order valence-electron chi connectivity index (χ0n) is 11.4. The quantitative estimate of drug-likeness (QED) is 0.860. The SMILES string of the molecule is CCN1CCOC(CNS(=O)(=O)c2ccccc2Br)C1. The van der Waals surface area contributed by atoms with Crippen LogP contribution in [-0.4, -0.2) is 52.2 Å². The third-order valence-corrected chi connectivity index (χ3v) is 5.73. The Bertz CT molecular complexity index is 550. The lowest BCUT2D eigenvalue weighted by atomic mass is 10.3. The third-order valence-electron chi connectivity index (χ3n) is 3.30. The van der Waals surface area contributed by atoms with Crippen molar-refractivity contribution in [2.24, 2.45) is 0 Å². The Morgan fingerprint density at radius 1 is 1.45 bits per heavy atom. The van der Waals surface area contributed by atoms with Gasteiger partial charge in [-0.1, -0.05) is 19.1 Å². The first-order chi connectivity index (χ1) is 9.53. The molecule has 0 saturated carbocycles. The van der Waals surface area contributed by atoms with Crippen LogP contribution in [0.15, 0.2) is 33.6 Å². The second-order valence-corrected chi connectivity index (χ2v) is 7.26. The molecule has 0 radical (unpaired) electrons. The van der Waals surface area contributed by atoms with E-state index in [4.69, 9.17) is 4.74 Å². The van der Waals surface area contributed by atoms with Crippen LogP contribution in [0.4, 0.5) is 0 Å². The molecule has 1 unspecified atom stereocenters. The summed E-state index contributed by atoms with van der Waals surface area (Å²) in [6.45, 7) is 5.65. The van der Waals surface area contributed by atoms with Gasteiger partial charge in [-0.25, -0.2) is 13.1 Å². The molecule has 1 heterocycles. The third kappa shape index (κ3) is 4.02. The monoisotopic (exact) mass is 362 g/mol. The first-order valence-electron chi connectivity index (χ1n) is 6.61. The van der Waals surface area contributed by atoms with E-state index in [9.17, 15) is 8.42 Å². The molecule has 0 bridgehead atoms. The molecule has 5 nitrogen and oxygen atoms in total. The van der Waals surface area contributed by atoms with Crippen LogP contribution in [0.5, 0.6) is 0 Å². The lowest BCUT2D eigenvalue weighted by Crippen LogP contribution is -2.47. The molecule has 1 fully saturated rings. The highest BCUT2D eigenvalue weighted by Gasteiger charge is 2.23. The van der Waals surface area contributed by atoms with E-state index >= 15 is 0 Å². The summed E-state index contributed by atoms with van der Waals surface area (Å²) >= 11 is 3.26. The molecule has 0 spiro atoms. The number of rotatable bonds is 5. The number of halogens is 1. The molecule has 20 heavy (non-hydrogen) atoms. The minimum atomic E-state index is -3.51. The van der Waals surface area contributed by atoms with E-state index in [0.29, 0.717) is 17.6 Å². The molecule has 112 valence electrons. The molecule has 1 aromatic carbocycles. The van der Waals surface area contributed by atoms with Gasteiger partial charge in [0.25, 0.3) is 0 Å². The van der Waals surface area contributed by atoms with Gasteiger partial charge in [0.15, 0.2) is 0 Å². The summed E-state index contributed by atoms with van der Waals surface area (Å²) in [6.07, 6.45) is -0.0963. The molecular formula is C13H19BrN2O3S. The lowest BCUT2D eigenvalue weighted by molar-refractivity contribution is -0.0229. The zero-order valence-corrected chi connectivity index (χ0v) is 13.8. The lowest BCUT2D eigenvalue weighted by Gasteiger charge is -2.32. The maximum absolute atomic E-state index is 12.2. The van der Waals surface area contributed by atoms with E-state index in [1.807, 2.05) is 0 Å². The average Bonchev–Trinajstić information content (AvgIpc) is 2.46. The van der Waals surface area contributed by atoms with Gasteiger partial charge in [-0.2, -0.15) is 0 Å². The second-order valence-electron chi connectivity index (χ2n) is 4.67. The second kappa shape index (κ2) is 7.00. The van der Waals surface area contributed by atoms with Crippen LogP contribution >= 0.6 is 15.9 Å². The predicted octanol–water partition coefficient (Wildman–Crippen LogP) is 1.45. The van der Waals surface area contributed by atoms with E-state index in [0.717, 1.165) is 19.6 Å². The van der Waals surface area contributed by atoms with Gasteiger partial charge >= 0.3 is 0 Å². The largest absolute Gasteiger partial charge is 0.374 e. The Kier molecular flexibility index (Phi) is 5.57. The Balaban J connectivity index is 1.98. The number of ether oxygens (including phenoxy) is 1. The zero-order chi connectivity index (χ0) is 14.6. The maximum Gasteiger partial charge on any atom is 0.241 e. The standard InChI is InChI=1S/C13H19BrN2O3S/c1-2-16-7-8-19-11(10-16)9-15-20(17,18)13-6-4-3-5-12(13)14/h3-6,11,15H,2,7-10H2,1H3. The van der Waals surface area contributed by atoms with Gasteiger partial charge in [0, 0.05) is 24.1 Å². The summed E-state index contributed by atoms with van der Waals surface area (Å²) in [5.74, 6) is 0. The highest BCUT2D eigenvalue weighted by atomic mass is 79.9. The summed E-state index contributed by atoms with van der Waals surface area (Å²) in [5, 5.41) is 0. The summed E-state index contributed by atoms with van der Waals surface area (Å²) in [7, 11) is -3.51. The molecule has 0 aromatic heterocycles. The van der Waals surface area contributed by atoms with Gasteiger partial charge in [-0.3, -0.25) is 4.90 Å². The number of hydrogen-bond donors (Lipinski definition) is 1. The van der Waals surface area contributed by atoms with Crippen LogP contribution in [0.1, 0.15) is 6.92 Å². The van der Waals surface area contributed by atoms with E-state index in [-0.39, 0.29) is 11.0 Å². The smallest absolute Gasteiger partial charge is 0.241 e. The van der Waals surface area contributed by atoms with Crippen molar-refractivity contribution in [1.29, 1.82) is 0 Å². The molecule has 1 aromatic rings. The van der Waals surface area contributed by atoms with E-state index < -0.39 is 10.0 Å². The van der Waals surface area contributed by atoms with E-state index in [2.05, 4.69) is 32.5 Å². The minimum Gasteiger partial charge on any atom is -0.374 e. The molecule has 7 heteroatoms. The molecule has 2 rings (SSSR count). The fourth-order valence-electron chi connectivity index (χ4n) is 2.13. The van der Waals surface area contributed by atoms with Gasteiger partial charge in [0.2, 0.25) is 10.0 Å². The topological polar surface area (TPSA) is 58.6 Å².